The lowest BCUT2D eigenvalue weighted by molar-refractivity contribution is 0.111. The fraction of sp³-hybridized carbons (Fsp3) is 0.286. The van der Waals surface area contributed by atoms with Crippen LogP contribution in [0.2, 0.25) is 0 Å². The van der Waals surface area contributed by atoms with Crippen molar-refractivity contribution in [2.24, 2.45) is 0 Å². The first-order valence-electron chi connectivity index (χ1n) is 5.53. The molecule has 0 aliphatic rings. The smallest absolute Gasteiger partial charge is 0.169 e. The molecule has 88 valence electrons. The number of aryl methyl sites for hydroxylation is 4. The summed E-state index contributed by atoms with van der Waals surface area (Å²) in [6.45, 7) is 8.21. The Kier molecular flexibility index (Phi) is 3.11. The number of thiazole rings is 1. The van der Waals surface area contributed by atoms with Gasteiger partial charge in [0.25, 0.3) is 0 Å². The molecule has 3 heteroatoms. The van der Waals surface area contributed by atoms with Gasteiger partial charge in [-0.2, -0.15) is 0 Å². The summed E-state index contributed by atoms with van der Waals surface area (Å²) in [5, 5.41) is 0.944. The number of carbonyl (C=O) groups excluding carboxylic acids is 1. The van der Waals surface area contributed by atoms with E-state index in [2.05, 4.69) is 37.9 Å². The van der Waals surface area contributed by atoms with Crippen LogP contribution in [0.15, 0.2) is 12.1 Å². The van der Waals surface area contributed by atoms with E-state index in [1.807, 2.05) is 6.92 Å². The van der Waals surface area contributed by atoms with E-state index in [-0.39, 0.29) is 0 Å². The predicted molar refractivity (Wildman–Crippen MR) is 71.9 cm³/mol. The number of aromatic nitrogens is 1. The average Bonchev–Trinajstić information content (AvgIpc) is 2.57. The number of hydrogen-bond acceptors (Lipinski definition) is 3. The van der Waals surface area contributed by atoms with Crippen molar-refractivity contribution in [2.45, 2.75) is 27.7 Å². The van der Waals surface area contributed by atoms with Crippen LogP contribution in [0.25, 0.3) is 10.6 Å². The molecule has 0 atom stereocenters. The quantitative estimate of drug-likeness (QED) is 0.752. The van der Waals surface area contributed by atoms with Crippen molar-refractivity contribution in [3.63, 3.8) is 0 Å². The van der Waals surface area contributed by atoms with Crippen LogP contribution in [0, 0.1) is 27.7 Å². The Labute approximate surface area is 105 Å². The number of nitrogens with zero attached hydrogens (tertiary/aromatic N) is 1. The number of carbonyl (C=O) groups is 1. The zero-order valence-corrected chi connectivity index (χ0v) is 11.3. The Balaban J connectivity index is 2.64. The van der Waals surface area contributed by atoms with Crippen molar-refractivity contribution in [2.75, 3.05) is 0 Å². The van der Waals surface area contributed by atoms with Crippen LogP contribution in [0.1, 0.15) is 32.1 Å². The average molecular weight is 245 g/mol. The molecular formula is C14H15NOS. The van der Waals surface area contributed by atoms with E-state index in [1.54, 1.807) is 11.3 Å². The van der Waals surface area contributed by atoms with Gasteiger partial charge in [-0.05, 0) is 38.8 Å². The highest BCUT2D eigenvalue weighted by molar-refractivity contribution is 7.15. The van der Waals surface area contributed by atoms with Gasteiger partial charge in [0.1, 0.15) is 10.7 Å². The monoisotopic (exact) mass is 245 g/mol. The lowest BCUT2D eigenvalue weighted by Gasteiger charge is -2.08. The molecule has 0 unspecified atom stereocenters. The van der Waals surface area contributed by atoms with Crippen molar-refractivity contribution in [3.8, 4) is 10.6 Å². The second-order valence-electron chi connectivity index (χ2n) is 4.35. The molecular weight excluding hydrogens is 230 g/mol. The van der Waals surface area contributed by atoms with Crippen molar-refractivity contribution >= 4 is 17.6 Å². The summed E-state index contributed by atoms with van der Waals surface area (Å²) in [7, 11) is 0. The van der Waals surface area contributed by atoms with Crippen LogP contribution >= 0.6 is 11.3 Å². The summed E-state index contributed by atoms with van der Waals surface area (Å²) in [5.74, 6) is 0. The largest absolute Gasteiger partial charge is 0.296 e. The first-order chi connectivity index (χ1) is 8.02. The molecule has 2 nitrogen and oxygen atoms in total. The highest BCUT2D eigenvalue weighted by Crippen LogP contribution is 2.32. The molecule has 1 aromatic carbocycles. The van der Waals surface area contributed by atoms with Crippen molar-refractivity contribution in [3.05, 3.63) is 39.4 Å². The Hall–Kier alpha value is -1.48. The number of aldehydes is 1. The van der Waals surface area contributed by atoms with E-state index in [1.165, 1.54) is 16.7 Å². The van der Waals surface area contributed by atoms with Gasteiger partial charge >= 0.3 is 0 Å². The first kappa shape index (κ1) is 12.0. The second-order valence-corrected chi connectivity index (χ2v) is 5.56. The van der Waals surface area contributed by atoms with Gasteiger partial charge in [-0.3, -0.25) is 4.79 Å². The summed E-state index contributed by atoms with van der Waals surface area (Å²) in [4.78, 5) is 16.2. The Morgan fingerprint density at radius 1 is 1.12 bits per heavy atom. The molecule has 17 heavy (non-hydrogen) atoms. The Bertz CT molecular complexity index is 561. The molecule has 0 spiro atoms. The van der Waals surface area contributed by atoms with Gasteiger partial charge in [0.05, 0.1) is 0 Å². The molecule has 0 aliphatic heterocycles. The maximum atomic E-state index is 10.8. The molecule has 0 saturated heterocycles. The van der Waals surface area contributed by atoms with Crippen LogP contribution in [0.5, 0.6) is 0 Å². The van der Waals surface area contributed by atoms with E-state index in [0.717, 1.165) is 21.7 Å². The Morgan fingerprint density at radius 2 is 1.71 bits per heavy atom. The molecule has 1 aromatic heterocycles. The van der Waals surface area contributed by atoms with E-state index >= 15 is 0 Å². The van der Waals surface area contributed by atoms with Crippen LogP contribution < -0.4 is 0 Å². The van der Waals surface area contributed by atoms with E-state index in [0.29, 0.717) is 5.69 Å². The molecule has 0 fully saturated rings. The lowest BCUT2D eigenvalue weighted by Crippen LogP contribution is -1.90. The second kappa shape index (κ2) is 4.41. The van der Waals surface area contributed by atoms with E-state index in [9.17, 15) is 4.79 Å². The third-order valence-corrected chi connectivity index (χ3v) is 3.84. The van der Waals surface area contributed by atoms with Crippen molar-refractivity contribution in [1.82, 2.24) is 4.98 Å². The van der Waals surface area contributed by atoms with Gasteiger partial charge in [-0.25, -0.2) is 4.98 Å². The molecule has 0 saturated carbocycles. The van der Waals surface area contributed by atoms with Crippen molar-refractivity contribution in [1.29, 1.82) is 0 Å². The van der Waals surface area contributed by atoms with Gasteiger partial charge in [-0.15, -0.1) is 11.3 Å². The van der Waals surface area contributed by atoms with Gasteiger partial charge in [0, 0.05) is 10.4 Å². The van der Waals surface area contributed by atoms with Gasteiger partial charge in [-0.1, -0.05) is 17.7 Å². The third-order valence-electron chi connectivity index (χ3n) is 2.83. The summed E-state index contributed by atoms with van der Waals surface area (Å²) < 4.78 is 0. The molecule has 0 amide bonds. The van der Waals surface area contributed by atoms with E-state index < -0.39 is 0 Å². The van der Waals surface area contributed by atoms with Crippen molar-refractivity contribution < 1.29 is 4.79 Å². The Morgan fingerprint density at radius 3 is 2.18 bits per heavy atom. The minimum Gasteiger partial charge on any atom is -0.296 e. The SMILES string of the molecule is Cc1cc(C)c(-c2nc(C=O)c(C)s2)c(C)c1. The summed E-state index contributed by atoms with van der Waals surface area (Å²) in [6, 6.07) is 4.30. The zero-order valence-electron chi connectivity index (χ0n) is 10.5. The highest BCUT2D eigenvalue weighted by atomic mass is 32.1. The minimum atomic E-state index is 0.560. The fourth-order valence-electron chi connectivity index (χ4n) is 2.14. The topological polar surface area (TPSA) is 30.0 Å². The molecule has 1 heterocycles. The van der Waals surface area contributed by atoms with Gasteiger partial charge in [0.2, 0.25) is 0 Å². The summed E-state index contributed by atoms with van der Waals surface area (Å²) >= 11 is 1.58. The molecule has 0 aliphatic carbocycles. The number of benzene rings is 1. The van der Waals surface area contributed by atoms with Crippen LogP contribution in [-0.2, 0) is 0 Å². The third kappa shape index (κ3) is 2.15. The summed E-state index contributed by atoms with van der Waals surface area (Å²) in [5.41, 5.74) is 5.41. The van der Waals surface area contributed by atoms with E-state index in [4.69, 9.17) is 0 Å². The first-order valence-corrected chi connectivity index (χ1v) is 6.35. The van der Waals surface area contributed by atoms with Crippen LogP contribution in [0.4, 0.5) is 0 Å². The van der Waals surface area contributed by atoms with Gasteiger partial charge in [0.15, 0.2) is 6.29 Å². The lowest BCUT2D eigenvalue weighted by atomic mass is 10.0. The van der Waals surface area contributed by atoms with Crippen LogP contribution in [-0.4, -0.2) is 11.3 Å². The van der Waals surface area contributed by atoms with Crippen LogP contribution in [0.3, 0.4) is 0 Å². The molecule has 2 aromatic rings. The number of hydrogen-bond donors (Lipinski definition) is 0. The zero-order chi connectivity index (χ0) is 12.6. The maximum absolute atomic E-state index is 10.8. The maximum Gasteiger partial charge on any atom is 0.169 e. The standard InChI is InChI=1S/C14H15NOS/c1-8-5-9(2)13(10(3)6-8)14-15-12(7-16)11(4)17-14/h5-7H,1-4H3. The van der Waals surface area contributed by atoms with Gasteiger partial charge < -0.3 is 0 Å². The summed E-state index contributed by atoms with van der Waals surface area (Å²) in [6.07, 6.45) is 0.828. The molecule has 0 N–H and O–H groups in total. The predicted octanol–water partition coefficient (Wildman–Crippen LogP) is 3.86. The fourth-order valence-corrected chi connectivity index (χ4v) is 3.20. The molecule has 2 rings (SSSR count). The minimum absolute atomic E-state index is 0.560. The number of rotatable bonds is 2. The molecule has 0 radical (unpaired) electrons. The highest BCUT2D eigenvalue weighted by Gasteiger charge is 2.13. The molecule has 0 bridgehead atoms. The normalized spacial score (nSPS) is 10.6.